The third-order valence-electron chi connectivity index (χ3n) is 15.2. The van der Waals surface area contributed by atoms with Gasteiger partial charge in [0.15, 0.2) is 0 Å². The number of alkyl halides is 3. The molecule has 3 rings (SSSR count). The molecule has 0 saturated heterocycles. The summed E-state index contributed by atoms with van der Waals surface area (Å²) < 4.78 is 41.6. The predicted octanol–water partition coefficient (Wildman–Crippen LogP) is 2.33. The highest BCUT2D eigenvalue weighted by Crippen LogP contribution is 2.30. The van der Waals surface area contributed by atoms with E-state index in [0.29, 0.717) is 13.0 Å². The van der Waals surface area contributed by atoms with Gasteiger partial charge in [-0.2, -0.15) is 13.2 Å². The number of carbonyl (C=O) groups is 12. The molecule has 1 aromatic heterocycles. The molecule has 1 heterocycles. The highest BCUT2D eigenvalue weighted by molar-refractivity contribution is 5.88. The van der Waals surface area contributed by atoms with E-state index in [1.165, 1.54) is 19.9 Å². The molecule has 1 unspecified atom stereocenters. The Morgan fingerprint density at radius 2 is 0.895 bits per heavy atom. The van der Waals surface area contributed by atoms with Crippen LogP contribution in [0.1, 0.15) is 168 Å². The van der Waals surface area contributed by atoms with Gasteiger partial charge >= 0.3 is 24.1 Å². The Labute approximate surface area is 549 Å². The SMILES string of the molecule is CC[C@@](C)(CC(=O)N[C@H](CC(=O)O)CC(=O)NC(C)(C)CC(=O)NC(CC(=O)N[C@@H](CCN)CC(=O)NC(C)(C)CC(=O)N[C@H](CC(=O)NC(CC(=O)O)CC(=O)O)Cc1c[nH]c2ccccc12)Cc1cccc(C(F)(F)F)c1)NC(=O)CC(C)(C)NC(=O)C[C@@H](N)CCN. The number of fused-ring (bicyclic) bond motifs is 1. The van der Waals surface area contributed by atoms with Gasteiger partial charge in [-0.05, 0) is 117 Å². The van der Waals surface area contributed by atoms with Gasteiger partial charge in [-0.3, -0.25) is 57.5 Å². The zero-order chi connectivity index (χ0) is 71.6. The van der Waals surface area contributed by atoms with E-state index in [1.54, 1.807) is 53.8 Å². The number of carboxylic acid groups (broad SMARTS) is 3. The summed E-state index contributed by atoms with van der Waals surface area (Å²) in [5.41, 5.74) is 13.1. The van der Waals surface area contributed by atoms with E-state index in [2.05, 4.69) is 52.8 Å². The summed E-state index contributed by atoms with van der Waals surface area (Å²) in [6.07, 6.45) is -7.82. The summed E-state index contributed by atoms with van der Waals surface area (Å²) in [6, 6.07) is 5.45. The first-order chi connectivity index (χ1) is 44.1. The minimum Gasteiger partial charge on any atom is -0.481 e. The van der Waals surface area contributed by atoms with Crippen molar-refractivity contribution in [3.63, 3.8) is 0 Å². The van der Waals surface area contributed by atoms with Crippen molar-refractivity contribution in [2.75, 3.05) is 13.1 Å². The quantitative estimate of drug-likeness (QED) is 0.0387. The standard InChI is InChI=1S/C64H96F3N13O15/c1-9-63(8,80-56(89)34-62(6,7)77-50(83)24-40(70)17-19-68)35-55(88)76-44(29-57(90)91)28-52(85)79-61(4,5)32-53(86)74-42(22-37-13-12-14-39(21-37)64(65,66)67)26-48(81)72-41(18-20-69)25-51(84)78-60(2,3)33-54(87)75-43(23-38-36-71-47-16-11-10-15-46(38)47)27-49(82)73-45(30-58(92)93)31-59(94)95/h10-16,21,36,40-45,71H,9,17-20,22-35,68-70H2,1-8H3,(H,72,81)(H,73,82)(H,74,86)(H,75,87)(H,76,88)(H,77,83)(H,78,84)(H,79,85)(H,80,89)(H,90,91)(H,92,93)(H,94,95)/t40-,41-,42?,43-,44-,63-/m0/s1. The Morgan fingerprint density at radius 1 is 0.474 bits per heavy atom. The maximum atomic E-state index is 13.9. The third kappa shape index (κ3) is 31.9. The lowest BCUT2D eigenvalue weighted by atomic mass is 9.91. The highest BCUT2D eigenvalue weighted by atomic mass is 19.4. The molecule has 528 valence electrons. The number of carbonyl (C=O) groups excluding carboxylic acids is 9. The first-order valence-corrected chi connectivity index (χ1v) is 31.3. The predicted molar refractivity (Wildman–Crippen MR) is 344 cm³/mol. The van der Waals surface area contributed by atoms with E-state index in [1.807, 2.05) is 18.2 Å². The van der Waals surface area contributed by atoms with Crippen LogP contribution >= 0.6 is 0 Å². The molecule has 19 N–H and O–H groups in total. The van der Waals surface area contributed by atoms with E-state index in [-0.39, 0.29) is 82.2 Å². The average Bonchev–Trinajstić information content (AvgIpc) is 1.78. The molecule has 0 spiro atoms. The van der Waals surface area contributed by atoms with Crippen LogP contribution in [0.4, 0.5) is 13.2 Å². The number of para-hydroxylation sites is 1. The van der Waals surface area contributed by atoms with Crippen molar-refractivity contribution < 1.29 is 86.0 Å². The minimum absolute atomic E-state index is 0.00576. The number of aliphatic carboxylic acids is 3. The number of amides is 9. The Hall–Kier alpha value is -8.71. The molecule has 3 aromatic rings. The lowest BCUT2D eigenvalue weighted by molar-refractivity contribution is -0.141. The second-order valence-electron chi connectivity index (χ2n) is 26.5. The van der Waals surface area contributed by atoms with E-state index >= 15 is 0 Å². The van der Waals surface area contributed by atoms with Crippen LogP contribution in [0.25, 0.3) is 10.9 Å². The largest absolute Gasteiger partial charge is 0.481 e. The Bertz CT molecular complexity index is 3160. The maximum Gasteiger partial charge on any atom is 0.416 e. The van der Waals surface area contributed by atoms with E-state index in [0.717, 1.165) is 34.7 Å². The minimum atomic E-state index is -4.75. The third-order valence-corrected chi connectivity index (χ3v) is 15.2. The van der Waals surface area contributed by atoms with Gasteiger partial charge in [-0.1, -0.05) is 43.3 Å². The van der Waals surface area contributed by atoms with Crippen molar-refractivity contribution >= 4 is 82.0 Å². The van der Waals surface area contributed by atoms with Crippen LogP contribution in [0.3, 0.4) is 0 Å². The van der Waals surface area contributed by atoms with Crippen LogP contribution in [0, 0.1) is 0 Å². The molecule has 0 aliphatic heterocycles. The lowest BCUT2D eigenvalue weighted by Gasteiger charge is -2.33. The fourth-order valence-electron chi connectivity index (χ4n) is 11.0. The molecule has 0 aliphatic carbocycles. The number of H-pyrrole nitrogens is 1. The summed E-state index contributed by atoms with van der Waals surface area (Å²) >= 11 is 0. The molecule has 2 aromatic carbocycles. The lowest BCUT2D eigenvalue weighted by Crippen LogP contribution is -2.54. The summed E-state index contributed by atoms with van der Waals surface area (Å²) in [6.45, 7) is 12.9. The average molecular weight is 1340 g/mol. The number of hydrogen-bond acceptors (Lipinski definition) is 15. The zero-order valence-corrected chi connectivity index (χ0v) is 55.2. The summed E-state index contributed by atoms with van der Waals surface area (Å²) in [4.78, 5) is 159. The molecule has 0 fully saturated rings. The Balaban J connectivity index is 1.71. The molecule has 6 atom stereocenters. The Morgan fingerprint density at radius 3 is 1.39 bits per heavy atom. The van der Waals surface area contributed by atoms with Crippen LogP contribution < -0.4 is 65.1 Å². The second-order valence-corrected chi connectivity index (χ2v) is 26.5. The first-order valence-electron chi connectivity index (χ1n) is 31.3. The summed E-state index contributed by atoms with van der Waals surface area (Å²) in [5, 5.41) is 53.4. The number of hydrogen-bond donors (Lipinski definition) is 16. The molecule has 0 aliphatic rings. The van der Waals surface area contributed by atoms with Crippen LogP contribution in [0.5, 0.6) is 0 Å². The van der Waals surface area contributed by atoms with Gasteiger partial charge in [-0.15, -0.1) is 0 Å². The number of nitrogens with two attached hydrogens (primary N) is 3. The molecule has 95 heavy (non-hydrogen) atoms. The number of aromatic nitrogens is 1. The van der Waals surface area contributed by atoms with Crippen molar-refractivity contribution in [3.8, 4) is 0 Å². The summed E-state index contributed by atoms with van der Waals surface area (Å²) in [5.74, 6) is -9.91. The zero-order valence-electron chi connectivity index (χ0n) is 55.2. The van der Waals surface area contributed by atoms with Gasteiger partial charge < -0.3 is 85.4 Å². The van der Waals surface area contributed by atoms with E-state index in [4.69, 9.17) is 17.2 Å². The van der Waals surface area contributed by atoms with Gasteiger partial charge in [0.1, 0.15) is 0 Å². The molecular weight excluding hydrogens is 1250 g/mol. The molecule has 31 heteroatoms. The van der Waals surface area contributed by atoms with Gasteiger partial charge in [0.25, 0.3) is 0 Å². The molecule has 0 saturated carbocycles. The number of rotatable bonds is 42. The normalized spacial score (nSPS) is 14.1. The van der Waals surface area contributed by atoms with Crippen LogP contribution in [0.2, 0.25) is 0 Å². The van der Waals surface area contributed by atoms with Crippen molar-refractivity contribution in [2.24, 2.45) is 17.2 Å². The topological polar surface area (TPSA) is 468 Å². The number of carboxylic acids is 3. The first kappa shape index (κ1) is 80.5. The number of aromatic amines is 1. The second kappa shape index (κ2) is 36.8. The van der Waals surface area contributed by atoms with E-state index < -0.39 is 174 Å². The molecular formula is C64H96F3N13O15. The van der Waals surface area contributed by atoms with Crippen LogP contribution in [-0.4, -0.2) is 163 Å². The molecule has 0 bridgehead atoms. The van der Waals surface area contributed by atoms with E-state index in [9.17, 15) is 86.0 Å². The molecule has 28 nitrogen and oxygen atoms in total. The number of halogens is 3. The van der Waals surface area contributed by atoms with Gasteiger partial charge in [0, 0.05) is 133 Å². The van der Waals surface area contributed by atoms with Crippen molar-refractivity contribution in [1.29, 1.82) is 0 Å². The fourth-order valence-corrected chi connectivity index (χ4v) is 11.0. The van der Waals surface area contributed by atoms with Crippen molar-refractivity contribution in [2.45, 2.75) is 229 Å². The van der Waals surface area contributed by atoms with Crippen LogP contribution in [-0.2, 0) is 76.6 Å². The maximum absolute atomic E-state index is 13.9. The van der Waals surface area contributed by atoms with Gasteiger partial charge in [0.05, 0.1) is 24.8 Å². The summed E-state index contributed by atoms with van der Waals surface area (Å²) in [7, 11) is 0. The monoisotopic (exact) mass is 1340 g/mol. The van der Waals surface area contributed by atoms with Crippen molar-refractivity contribution in [3.05, 3.63) is 71.4 Å². The smallest absolute Gasteiger partial charge is 0.416 e. The highest BCUT2D eigenvalue weighted by Gasteiger charge is 2.36. The van der Waals surface area contributed by atoms with Crippen molar-refractivity contribution in [1.82, 2.24) is 52.8 Å². The fraction of sp³-hybridized carbons (Fsp3) is 0.594. The molecule has 9 amide bonds. The Kier molecular flexibility index (Phi) is 31.2. The number of nitrogens with one attached hydrogen (secondary N) is 10. The van der Waals surface area contributed by atoms with Gasteiger partial charge in [0.2, 0.25) is 53.2 Å². The van der Waals surface area contributed by atoms with Gasteiger partial charge in [-0.25, -0.2) is 0 Å². The number of benzene rings is 2. The van der Waals surface area contributed by atoms with Crippen LogP contribution in [0.15, 0.2) is 54.7 Å². The molecule has 0 radical (unpaired) electrons.